The van der Waals surface area contributed by atoms with Crippen LogP contribution < -0.4 is 5.73 Å². The van der Waals surface area contributed by atoms with Crippen LogP contribution in [0.4, 0.5) is 4.79 Å². The molecule has 0 rings (SSSR count). The molecule has 3 nitrogen and oxygen atoms in total. The van der Waals surface area contributed by atoms with Gasteiger partial charge < -0.3 is 10.5 Å². The maximum absolute atomic E-state index is 9.97. The summed E-state index contributed by atoms with van der Waals surface area (Å²) in [6.45, 7) is 7.25. The summed E-state index contributed by atoms with van der Waals surface area (Å²) in [5, 5.41) is 0. The first-order chi connectivity index (χ1) is 4.42. The van der Waals surface area contributed by atoms with Crippen LogP contribution in [0.3, 0.4) is 0 Å². The van der Waals surface area contributed by atoms with Crippen LogP contribution in [0.25, 0.3) is 0 Å². The molecule has 0 spiro atoms. The number of hydrogen-bond donors (Lipinski definition) is 2. The Kier molecular flexibility index (Phi) is 6.66. The molecule has 62 valence electrons. The molecule has 10 heavy (non-hydrogen) atoms. The number of rotatable bonds is 1. The van der Waals surface area contributed by atoms with E-state index in [1.807, 2.05) is 13.8 Å². The van der Waals surface area contributed by atoms with Crippen molar-refractivity contribution >= 4 is 18.7 Å². The third-order valence-corrected chi connectivity index (χ3v) is 0.442. The molecule has 0 bridgehead atoms. The van der Waals surface area contributed by atoms with E-state index in [2.05, 4.69) is 23.1 Å². The van der Waals surface area contributed by atoms with E-state index in [9.17, 15) is 4.79 Å². The standard InChI is InChI=1S/C4H9NO2S.C2H6/c1-4(2,8)7-3(5)6;1-2/h8H,1-2H3,(H2,5,6);1-2H3. The molecular formula is C6H15NO2S. The van der Waals surface area contributed by atoms with Crippen LogP contribution in [-0.4, -0.2) is 11.0 Å². The van der Waals surface area contributed by atoms with Crippen LogP contribution in [0.1, 0.15) is 27.7 Å². The van der Waals surface area contributed by atoms with Gasteiger partial charge in [0.2, 0.25) is 0 Å². The highest BCUT2D eigenvalue weighted by atomic mass is 32.1. The molecule has 0 aliphatic rings. The number of primary amides is 1. The van der Waals surface area contributed by atoms with Gasteiger partial charge in [-0.1, -0.05) is 13.8 Å². The molecule has 0 unspecified atom stereocenters. The zero-order chi connectivity index (χ0) is 8.78. The third kappa shape index (κ3) is 15.6. The molecule has 0 fully saturated rings. The minimum atomic E-state index is -0.801. The lowest BCUT2D eigenvalue weighted by Crippen LogP contribution is -2.25. The zero-order valence-electron chi connectivity index (χ0n) is 6.84. The Morgan fingerprint density at radius 3 is 1.80 bits per heavy atom. The lowest BCUT2D eigenvalue weighted by atomic mass is 10.5. The SMILES string of the molecule is CC.CC(C)(S)OC(N)=O. The molecule has 0 saturated carbocycles. The molecule has 4 heteroatoms. The van der Waals surface area contributed by atoms with Crippen molar-refractivity contribution in [2.75, 3.05) is 0 Å². The van der Waals surface area contributed by atoms with Crippen molar-refractivity contribution in [1.82, 2.24) is 0 Å². The van der Waals surface area contributed by atoms with E-state index in [-0.39, 0.29) is 0 Å². The minimum absolute atomic E-state index is 0.758. The van der Waals surface area contributed by atoms with Gasteiger partial charge in [0.1, 0.15) is 0 Å². The van der Waals surface area contributed by atoms with E-state index in [1.165, 1.54) is 0 Å². The highest BCUT2D eigenvalue weighted by molar-refractivity contribution is 7.81. The third-order valence-electron chi connectivity index (χ3n) is 0.350. The largest absolute Gasteiger partial charge is 0.433 e. The smallest absolute Gasteiger partial charge is 0.405 e. The Balaban J connectivity index is 0. The van der Waals surface area contributed by atoms with E-state index in [0.29, 0.717) is 0 Å². The summed E-state index contributed by atoms with van der Waals surface area (Å²) in [5.74, 6) is 0. The summed E-state index contributed by atoms with van der Waals surface area (Å²) >= 11 is 3.87. The van der Waals surface area contributed by atoms with Crippen molar-refractivity contribution < 1.29 is 9.53 Å². The quantitative estimate of drug-likeness (QED) is 0.459. The summed E-state index contributed by atoms with van der Waals surface area (Å²) in [7, 11) is 0. The van der Waals surface area contributed by atoms with Gasteiger partial charge in [0.05, 0.1) is 0 Å². The average Bonchev–Trinajstić information content (AvgIpc) is 1.64. The second-order valence-corrected chi connectivity index (χ2v) is 2.94. The van der Waals surface area contributed by atoms with Crippen LogP contribution in [0.2, 0.25) is 0 Å². The number of ether oxygens (including phenoxy) is 1. The van der Waals surface area contributed by atoms with E-state index in [4.69, 9.17) is 0 Å². The van der Waals surface area contributed by atoms with Crippen molar-refractivity contribution in [2.45, 2.75) is 32.6 Å². The molecule has 1 amide bonds. The number of carbonyl (C=O) groups excluding carboxylic acids is 1. The minimum Gasteiger partial charge on any atom is -0.433 e. The topological polar surface area (TPSA) is 52.3 Å². The number of carbonyl (C=O) groups is 1. The Morgan fingerprint density at radius 1 is 1.50 bits per heavy atom. The van der Waals surface area contributed by atoms with Gasteiger partial charge in [-0.3, -0.25) is 0 Å². The predicted molar refractivity (Wildman–Crippen MR) is 45.1 cm³/mol. The average molecular weight is 165 g/mol. The Bertz CT molecular complexity index is 98.4. The Hall–Kier alpha value is -0.380. The Labute approximate surface area is 67.3 Å². The fourth-order valence-electron chi connectivity index (χ4n) is 0.246. The second kappa shape index (κ2) is 5.41. The van der Waals surface area contributed by atoms with Crippen molar-refractivity contribution in [3.8, 4) is 0 Å². The maximum Gasteiger partial charge on any atom is 0.405 e. The molecule has 0 aliphatic carbocycles. The molecule has 2 N–H and O–H groups in total. The fourth-order valence-corrected chi connectivity index (χ4v) is 0.336. The van der Waals surface area contributed by atoms with Gasteiger partial charge in [-0.25, -0.2) is 4.79 Å². The fraction of sp³-hybridized carbons (Fsp3) is 0.833. The predicted octanol–water partition coefficient (Wildman–Crippen LogP) is 1.77. The van der Waals surface area contributed by atoms with Crippen LogP contribution in [0.5, 0.6) is 0 Å². The van der Waals surface area contributed by atoms with Crippen molar-refractivity contribution in [2.24, 2.45) is 5.73 Å². The zero-order valence-corrected chi connectivity index (χ0v) is 7.74. The van der Waals surface area contributed by atoms with Crippen LogP contribution >= 0.6 is 12.6 Å². The lowest BCUT2D eigenvalue weighted by Gasteiger charge is -2.15. The number of thiol groups is 1. The normalized spacial score (nSPS) is 9.30. The number of nitrogens with two attached hydrogens (primary N) is 1. The molecule has 0 saturated heterocycles. The van der Waals surface area contributed by atoms with Crippen LogP contribution in [0, 0.1) is 0 Å². The molecular weight excluding hydrogens is 150 g/mol. The van der Waals surface area contributed by atoms with E-state index < -0.39 is 11.0 Å². The molecule has 0 aromatic rings. The first kappa shape index (κ1) is 12.3. The van der Waals surface area contributed by atoms with E-state index >= 15 is 0 Å². The van der Waals surface area contributed by atoms with Crippen molar-refractivity contribution in [3.63, 3.8) is 0 Å². The maximum atomic E-state index is 9.97. The van der Waals surface area contributed by atoms with Gasteiger partial charge in [0.25, 0.3) is 0 Å². The Morgan fingerprint density at radius 2 is 1.80 bits per heavy atom. The number of hydrogen-bond acceptors (Lipinski definition) is 3. The van der Waals surface area contributed by atoms with Gasteiger partial charge in [0.15, 0.2) is 4.93 Å². The van der Waals surface area contributed by atoms with Crippen molar-refractivity contribution in [3.05, 3.63) is 0 Å². The summed E-state index contributed by atoms with van der Waals surface area (Å²) < 4.78 is 4.44. The van der Waals surface area contributed by atoms with Gasteiger partial charge in [-0.05, 0) is 13.8 Å². The van der Waals surface area contributed by atoms with Gasteiger partial charge in [-0.2, -0.15) is 0 Å². The first-order valence-electron chi connectivity index (χ1n) is 3.12. The van der Waals surface area contributed by atoms with Gasteiger partial charge >= 0.3 is 6.09 Å². The highest BCUT2D eigenvalue weighted by Gasteiger charge is 2.13. The van der Waals surface area contributed by atoms with Crippen molar-refractivity contribution in [1.29, 1.82) is 0 Å². The molecule has 0 aliphatic heterocycles. The van der Waals surface area contributed by atoms with Crippen LogP contribution in [-0.2, 0) is 4.74 Å². The summed E-state index contributed by atoms with van der Waals surface area (Å²) in [5.41, 5.74) is 4.67. The lowest BCUT2D eigenvalue weighted by molar-refractivity contribution is 0.108. The van der Waals surface area contributed by atoms with E-state index in [0.717, 1.165) is 0 Å². The summed E-state index contributed by atoms with van der Waals surface area (Å²) in [6, 6.07) is 0. The summed E-state index contributed by atoms with van der Waals surface area (Å²) in [6.07, 6.45) is -0.801. The molecule has 0 radical (unpaired) electrons. The summed E-state index contributed by atoms with van der Waals surface area (Å²) in [4.78, 5) is 9.21. The highest BCUT2D eigenvalue weighted by Crippen LogP contribution is 2.12. The van der Waals surface area contributed by atoms with Crippen LogP contribution in [0.15, 0.2) is 0 Å². The molecule has 0 heterocycles. The molecule has 0 aromatic carbocycles. The van der Waals surface area contributed by atoms with Gasteiger partial charge in [0, 0.05) is 0 Å². The second-order valence-electron chi connectivity index (χ2n) is 1.87. The number of amides is 1. The molecule has 0 aromatic heterocycles. The van der Waals surface area contributed by atoms with Gasteiger partial charge in [-0.15, -0.1) is 12.6 Å². The molecule has 0 atom stereocenters. The monoisotopic (exact) mass is 165 g/mol. The van der Waals surface area contributed by atoms with E-state index in [1.54, 1.807) is 13.8 Å². The first-order valence-corrected chi connectivity index (χ1v) is 3.57.